The van der Waals surface area contributed by atoms with Crippen molar-refractivity contribution >= 4 is 51.2 Å². The van der Waals surface area contributed by atoms with Crippen LogP contribution in [0, 0.1) is 0 Å². The van der Waals surface area contributed by atoms with E-state index in [2.05, 4.69) is 31.8 Å². The quantitative estimate of drug-likeness (QED) is 0.369. The van der Waals surface area contributed by atoms with Crippen LogP contribution in [0.3, 0.4) is 0 Å². The number of anilines is 1. The highest BCUT2D eigenvalue weighted by Gasteiger charge is 2.07. The molecule has 0 saturated heterocycles. The molecule has 8 heteroatoms. The molecule has 0 fully saturated rings. The Labute approximate surface area is 187 Å². The number of halogens is 2. The molecule has 0 spiro atoms. The number of hydrogen-bond acceptors (Lipinski definition) is 4. The van der Waals surface area contributed by atoms with Crippen LogP contribution in [0.25, 0.3) is 0 Å². The summed E-state index contributed by atoms with van der Waals surface area (Å²) in [5.74, 6) is -0.247. The Morgan fingerprint density at radius 3 is 2.47 bits per heavy atom. The van der Waals surface area contributed by atoms with Gasteiger partial charge in [0.2, 0.25) is 0 Å². The van der Waals surface area contributed by atoms with Gasteiger partial charge >= 0.3 is 0 Å². The number of amides is 2. The molecular weight excluding hydrogens is 470 g/mol. The number of nitrogens with one attached hydrogen (secondary N) is 2. The molecule has 0 aliphatic rings. The molecule has 2 N–H and O–H groups in total. The smallest absolute Gasteiger partial charge is 0.271 e. The largest absolute Gasteiger partial charge is 0.482 e. The molecule has 0 heterocycles. The highest BCUT2D eigenvalue weighted by atomic mass is 79.9. The second-order valence-electron chi connectivity index (χ2n) is 6.10. The van der Waals surface area contributed by atoms with E-state index in [0.29, 0.717) is 27.6 Å². The van der Waals surface area contributed by atoms with Crippen molar-refractivity contribution in [2.75, 3.05) is 11.9 Å². The van der Waals surface area contributed by atoms with Crippen LogP contribution in [-0.2, 0) is 4.79 Å². The van der Waals surface area contributed by atoms with Gasteiger partial charge in [0.1, 0.15) is 5.75 Å². The van der Waals surface area contributed by atoms with Crippen molar-refractivity contribution in [1.82, 2.24) is 5.43 Å². The van der Waals surface area contributed by atoms with Crippen LogP contribution < -0.4 is 15.5 Å². The van der Waals surface area contributed by atoms with Crippen molar-refractivity contribution in [3.63, 3.8) is 0 Å². The monoisotopic (exact) mass is 485 g/mol. The third-order valence-electron chi connectivity index (χ3n) is 3.86. The predicted octanol–water partition coefficient (Wildman–Crippen LogP) is 4.88. The van der Waals surface area contributed by atoms with Crippen molar-refractivity contribution in [2.24, 2.45) is 5.10 Å². The molecule has 0 aliphatic heterocycles. The fourth-order valence-corrected chi connectivity index (χ4v) is 2.92. The minimum Gasteiger partial charge on any atom is -0.482 e. The van der Waals surface area contributed by atoms with E-state index in [0.717, 1.165) is 4.47 Å². The SMILES string of the molecule is O=C(COc1ccc(/C=N/NC(=O)c2ccc(Br)cc2)cc1Cl)Nc1ccccc1. The van der Waals surface area contributed by atoms with Crippen molar-refractivity contribution < 1.29 is 14.3 Å². The predicted molar refractivity (Wildman–Crippen MR) is 121 cm³/mol. The Hall–Kier alpha value is -3.16. The van der Waals surface area contributed by atoms with Crippen LogP contribution in [0.5, 0.6) is 5.75 Å². The van der Waals surface area contributed by atoms with Crippen molar-refractivity contribution in [1.29, 1.82) is 0 Å². The van der Waals surface area contributed by atoms with Crippen molar-refractivity contribution in [2.45, 2.75) is 0 Å². The van der Waals surface area contributed by atoms with Gasteiger partial charge in [-0.2, -0.15) is 5.10 Å². The van der Waals surface area contributed by atoms with Gasteiger partial charge in [0.25, 0.3) is 11.8 Å². The number of carbonyl (C=O) groups is 2. The fraction of sp³-hybridized carbons (Fsp3) is 0.0455. The van der Waals surface area contributed by atoms with Crippen LogP contribution in [0.4, 0.5) is 5.69 Å². The Morgan fingerprint density at radius 2 is 1.77 bits per heavy atom. The zero-order chi connectivity index (χ0) is 21.3. The molecule has 0 atom stereocenters. The molecule has 0 aliphatic carbocycles. The van der Waals surface area contributed by atoms with Gasteiger partial charge < -0.3 is 10.1 Å². The van der Waals surface area contributed by atoms with E-state index in [1.165, 1.54) is 6.21 Å². The topological polar surface area (TPSA) is 79.8 Å². The van der Waals surface area contributed by atoms with Gasteiger partial charge in [-0.3, -0.25) is 9.59 Å². The molecule has 3 aromatic carbocycles. The van der Waals surface area contributed by atoms with Crippen LogP contribution in [0.2, 0.25) is 5.02 Å². The first-order valence-corrected chi connectivity index (χ1v) is 10.0. The molecule has 0 aromatic heterocycles. The Kier molecular flexibility index (Phi) is 7.59. The van der Waals surface area contributed by atoms with E-state index >= 15 is 0 Å². The molecule has 0 unspecified atom stereocenters. The second kappa shape index (κ2) is 10.6. The maximum Gasteiger partial charge on any atom is 0.271 e. The van der Waals surface area contributed by atoms with Gasteiger partial charge in [-0.25, -0.2) is 5.43 Å². The average Bonchev–Trinajstić information content (AvgIpc) is 2.74. The number of hydrazone groups is 1. The van der Waals surface area contributed by atoms with Crippen LogP contribution in [-0.4, -0.2) is 24.6 Å². The summed E-state index contributed by atoms with van der Waals surface area (Å²) >= 11 is 9.53. The minimum atomic E-state index is -0.325. The normalized spacial score (nSPS) is 10.6. The standard InChI is InChI=1S/C22H17BrClN3O3/c23-17-9-7-16(8-10-17)22(29)27-25-13-15-6-11-20(19(24)12-15)30-14-21(28)26-18-4-2-1-3-5-18/h1-13H,14H2,(H,26,28)(H,27,29)/b25-13+. The molecular formula is C22H17BrClN3O3. The van der Waals surface area contributed by atoms with Crippen molar-refractivity contribution in [3.05, 3.63) is 93.4 Å². The van der Waals surface area contributed by atoms with E-state index in [9.17, 15) is 9.59 Å². The highest BCUT2D eigenvalue weighted by molar-refractivity contribution is 9.10. The number of para-hydroxylation sites is 1. The summed E-state index contributed by atoms with van der Waals surface area (Å²) in [6.45, 7) is -0.175. The third kappa shape index (κ3) is 6.43. The summed E-state index contributed by atoms with van der Waals surface area (Å²) in [6, 6.07) is 21.0. The van der Waals surface area contributed by atoms with E-state index in [1.54, 1.807) is 54.6 Å². The molecule has 152 valence electrons. The van der Waals surface area contributed by atoms with E-state index < -0.39 is 0 Å². The Balaban J connectivity index is 1.51. The molecule has 0 saturated carbocycles. The summed E-state index contributed by atoms with van der Waals surface area (Å²) in [4.78, 5) is 24.0. The maximum absolute atomic E-state index is 12.0. The molecule has 3 rings (SSSR count). The molecule has 30 heavy (non-hydrogen) atoms. The van der Waals surface area contributed by atoms with E-state index in [4.69, 9.17) is 16.3 Å². The number of carbonyl (C=O) groups excluding carboxylic acids is 2. The van der Waals surface area contributed by atoms with E-state index in [1.807, 2.05) is 18.2 Å². The Morgan fingerprint density at radius 1 is 1.03 bits per heavy atom. The first kappa shape index (κ1) is 21.5. The first-order chi connectivity index (χ1) is 14.5. The number of ether oxygens (including phenoxy) is 1. The lowest BCUT2D eigenvalue weighted by Crippen LogP contribution is -2.20. The maximum atomic E-state index is 12.0. The van der Waals surface area contributed by atoms with Gasteiger partial charge in [-0.15, -0.1) is 0 Å². The summed E-state index contributed by atoms with van der Waals surface area (Å²) in [5, 5.41) is 6.98. The lowest BCUT2D eigenvalue weighted by Gasteiger charge is -2.09. The average molecular weight is 487 g/mol. The van der Waals surface area contributed by atoms with Gasteiger partial charge in [0.15, 0.2) is 6.61 Å². The molecule has 0 radical (unpaired) electrons. The molecule has 0 bridgehead atoms. The number of benzene rings is 3. The first-order valence-electron chi connectivity index (χ1n) is 8.87. The van der Waals surface area contributed by atoms with Gasteiger partial charge in [0, 0.05) is 15.7 Å². The molecule has 6 nitrogen and oxygen atoms in total. The summed E-state index contributed by atoms with van der Waals surface area (Å²) in [7, 11) is 0. The zero-order valence-electron chi connectivity index (χ0n) is 15.6. The Bertz CT molecular complexity index is 1060. The number of hydrogen-bond donors (Lipinski definition) is 2. The van der Waals surface area contributed by atoms with Crippen LogP contribution in [0.15, 0.2) is 82.4 Å². The fourth-order valence-electron chi connectivity index (χ4n) is 2.41. The summed E-state index contributed by atoms with van der Waals surface area (Å²) in [5.41, 5.74) is 4.30. The minimum absolute atomic E-state index is 0.175. The third-order valence-corrected chi connectivity index (χ3v) is 4.68. The molecule has 3 aromatic rings. The summed E-state index contributed by atoms with van der Waals surface area (Å²) < 4.78 is 6.36. The van der Waals surface area contributed by atoms with Crippen LogP contribution >= 0.6 is 27.5 Å². The summed E-state index contributed by atoms with van der Waals surface area (Å²) in [6.07, 6.45) is 1.47. The highest BCUT2D eigenvalue weighted by Crippen LogP contribution is 2.25. The van der Waals surface area contributed by atoms with Crippen molar-refractivity contribution in [3.8, 4) is 5.75 Å². The van der Waals surface area contributed by atoms with Gasteiger partial charge in [-0.05, 0) is 60.2 Å². The van der Waals surface area contributed by atoms with Gasteiger partial charge in [-0.1, -0.05) is 45.7 Å². The second-order valence-corrected chi connectivity index (χ2v) is 7.42. The number of nitrogens with zero attached hydrogens (tertiary/aromatic N) is 1. The zero-order valence-corrected chi connectivity index (χ0v) is 18.0. The lowest BCUT2D eigenvalue weighted by molar-refractivity contribution is -0.118. The molecule has 2 amide bonds. The van der Waals surface area contributed by atoms with Gasteiger partial charge in [0.05, 0.1) is 11.2 Å². The lowest BCUT2D eigenvalue weighted by atomic mass is 10.2. The number of rotatable bonds is 7. The van der Waals surface area contributed by atoms with E-state index in [-0.39, 0.29) is 18.4 Å². The van der Waals surface area contributed by atoms with Crippen LogP contribution in [0.1, 0.15) is 15.9 Å².